The third-order valence-corrected chi connectivity index (χ3v) is 3.54. The highest BCUT2D eigenvalue weighted by Crippen LogP contribution is 2.26. The summed E-state index contributed by atoms with van der Waals surface area (Å²) in [6, 6.07) is 10.7. The normalized spacial score (nSPS) is 11.2. The Hall–Kier alpha value is -3.04. The largest absolute Gasteiger partial charge is 0.573 e. The fourth-order valence-corrected chi connectivity index (χ4v) is 2.30. The third kappa shape index (κ3) is 6.93. The van der Waals surface area contributed by atoms with Crippen molar-refractivity contribution < 1.29 is 36.2 Å². The van der Waals surface area contributed by atoms with Crippen LogP contribution < -0.4 is 14.8 Å². The van der Waals surface area contributed by atoms with Gasteiger partial charge in [0.15, 0.2) is 0 Å². The number of urea groups is 1. The maximum Gasteiger partial charge on any atom is 0.573 e. The highest BCUT2D eigenvalue weighted by molar-refractivity contribution is 5.74. The summed E-state index contributed by atoms with van der Waals surface area (Å²) >= 11 is 0. The van der Waals surface area contributed by atoms with E-state index in [1.54, 1.807) is 0 Å². The quantitative estimate of drug-likeness (QED) is 0.690. The molecule has 0 fully saturated rings. The number of rotatable bonds is 7. The number of para-hydroxylation sites is 1. The number of amides is 2. The minimum absolute atomic E-state index is 0.00729. The highest BCUT2D eigenvalue weighted by Gasteiger charge is 2.32. The van der Waals surface area contributed by atoms with Crippen LogP contribution in [0.25, 0.3) is 0 Å². The Morgan fingerprint density at radius 3 is 2.36 bits per heavy atom. The summed E-state index contributed by atoms with van der Waals surface area (Å²) < 4.78 is 69.7. The molecule has 5 nitrogen and oxygen atoms in total. The Morgan fingerprint density at radius 2 is 1.75 bits per heavy atom. The van der Waals surface area contributed by atoms with Gasteiger partial charge in [0.05, 0.1) is 0 Å². The lowest BCUT2D eigenvalue weighted by atomic mass is 10.2. The van der Waals surface area contributed by atoms with Crippen LogP contribution in [0.2, 0.25) is 0 Å². The standard InChI is InChI=1S/C18H17F5N2O3/c1-25(11-12-6-8-14(9-7-12)27-16(19)20)17(26)24-10-13-4-2-3-5-15(13)28-18(21,22)23/h2-9,16H,10-11H2,1H3,(H,24,26). The minimum atomic E-state index is -4.84. The summed E-state index contributed by atoms with van der Waals surface area (Å²) in [7, 11) is 1.48. The van der Waals surface area contributed by atoms with Gasteiger partial charge in [0, 0.05) is 25.7 Å². The van der Waals surface area contributed by atoms with Crippen molar-refractivity contribution in [2.45, 2.75) is 26.1 Å². The molecule has 0 saturated carbocycles. The van der Waals surface area contributed by atoms with Crippen LogP contribution >= 0.6 is 0 Å². The van der Waals surface area contributed by atoms with Crippen molar-refractivity contribution in [3.05, 3.63) is 59.7 Å². The lowest BCUT2D eigenvalue weighted by Gasteiger charge is -2.19. The Balaban J connectivity index is 1.91. The van der Waals surface area contributed by atoms with Crippen molar-refractivity contribution >= 4 is 6.03 Å². The van der Waals surface area contributed by atoms with Crippen LogP contribution in [0.5, 0.6) is 11.5 Å². The van der Waals surface area contributed by atoms with E-state index in [2.05, 4.69) is 14.8 Å². The van der Waals surface area contributed by atoms with Gasteiger partial charge in [0.2, 0.25) is 0 Å². The molecule has 0 spiro atoms. The van der Waals surface area contributed by atoms with Gasteiger partial charge in [-0.1, -0.05) is 30.3 Å². The van der Waals surface area contributed by atoms with Crippen molar-refractivity contribution in [1.29, 1.82) is 0 Å². The van der Waals surface area contributed by atoms with E-state index in [-0.39, 0.29) is 24.4 Å². The Morgan fingerprint density at radius 1 is 1.11 bits per heavy atom. The van der Waals surface area contributed by atoms with E-state index in [9.17, 15) is 26.7 Å². The van der Waals surface area contributed by atoms with Crippen LogP contribution in [-0.4, -0.2) is 31.0 Å². The fraction of sp³-hybridized carbons (Fsp3) is 0.278. The SMILES string of the molecule is CN(Cc1ccc(OC(F)F)cc1)C(=O)NCc1ccccc1OC(F)(F)F. The van der Waals surface area contributed by atoms with E-state index in [0.29, 0.717) is 5.56 Å². The van der Waals surface area contributed by atoms with Crippen molar-refractivity contribution in [2.75, 3.05) is 7.05 Å². The van der Waals surface area contributed by atoms with Crippen molar-refractivity contribution in [3.8, 4) is 11.5 Å². The molecular formula is C18H17F5N2O3. The highest BCUT2D eigenvalue weighted by atomic mass is 19.4. The molecule has 0 atom stereocenters. The summed E-state index contributed by atoms with van der Waals surface area (Å²) in [6.07, 6.45) is -4.84. The second-order valence-electron chi connectivity index (χ2n) is 5.69. The average molecular weight is 404 g/mol. The first-order valence-corrected chi connectivity index (χ1v) is 8.00. The third-order valence-electron chi connectivity index (χ3n) is 3.54. The maximum atomic E-state index is 12.4. The lowest BCUT2D eigenvalue weighted by Crippen LogP contribution is -2.36. The molecule has 0 aliphatic rings. The topological polar surface area (TPSA) is 50.8 Å². The first-order chi connectivity index (χ1) is 13.1. The second-order valence-corrected chi connectivity index (χ2v) is 5.69. The average Bonchev–Trinajstić information content (AvgIpc) is 2.60. The summed E-state index contributed by atoms with van der Waals surface area (Å²) in [5, 5.41) is 2.50. The van der Waals surface area contributed by atoms with Crippen LogP contribution in [0, 0.1) is 0 Å². The molecule has 0 aliphatic heterocycles. The predicted molar refractivity (Wildman–Crippen MR) is 89.9 cm³/mol. The van der Waals surface area contributed by atoms with E-state index < -0.39 is 24.8 Å². The Bertz CT molecular complexity index is 782. The zero-order valence-corrected chi connectivity index (χ0v) is 14.7. The summed E-state index contributed by atoms with van der Waals surface area (Å²) in [6.45, 7) is -2.94. The number of ether oxygens (including phenoxy) is 2. The first-order valence-electron chi connectivity index (χ1n) is 8.00. The van der Waals surface area contributed by atoms with Crippen LogP contribution in [0.3, 0.4) is 0 Å². The molecule has 10 heteroatoms. The molecule has 0 unspecified atom stereocenters. The number of carbonyl (C=O) groups excluding carboxylic acids is 1. The van der Waals surface area contributed by atoms with Crippen LogP contribution in [0.15, 0.2) is 48.5 Å². The van der Waals surface area contributed by atoms with Gasteiger partial charge in [-0.25, -0.2) is 4.79 Å². The molecule has 2 rings (SSSR count). The predicted octanol–water partition coefficient (Wildman–Crippen LogP) is 4.53. The Kier molecular flexibility index (Phi) is 7.02. The van der Waals surface area contributed by atoms with Crippen molar-refractivity contribution in [1.82, 2.24) is 10.2 Å². The van der Waals surface area contributed by atoms with Crippen molar-refractivity contribution in [3.63, 3.8) is 0 Å². The monoisotopic (exact) mass is 404 g/mol. The fourth-order valence-electron chi connectivity index (χ4n) is 2.30. The molecule has 2 aromatic carbocycles. The van der Waals surface area contributed by atoms with Gasteiger partial charge in [-0.2, -0.15) is 8.78 Å². The van der Waals surface area contributed by atoms with Gasteiger partial charge in [-0.05, 0) is 23.8 Å². The number of benzene rings is 2. The minimum Gasteiger partial charge on any atom is -0.435 e. The number of carbonyl (C=O) groups is 1. The van der Waals surface area contributed by atoms with Gasteiger partial charge >= 0.3 is 19.0 Å². The molecule has 2 aromatic rings. The molecule has 0 saturated heterocycles. The number of nitrogens with one attached hydrogen (secondary N) is 1. The van der Waals surface area contributed by atoms with E-state index in [0.717, 1.165) is 6.07 Å². The summed E-state index contributed by atoms with van der Waals surface area (Å²) in [4.78, 5) is 13.4. The van der Waals surface area contributed by atoms with Gasteiger partial charge in [-0.3, -0.25) is 0 Å². The number of alkyl halides is 5. The molecule has 0 bridgehead atoms. The second kappa shape index (κ2) is 9.25. The molecule has 2 amide bonds. The lowest BCUT2D eigenvalue weighted by molar-refractivity contribution is -0.274. The molecule has 28 heavy (non-hydrogen) atoms. The molecule has 0 heterocycles. The maximum absolute atomic E-state index is 12.4. The summed E-state index contributed by atoms with van der Waals surface area (Å²) in [5.74, 6) is -0.403. The smallest absolute Gasteiger partial charge is 0.435 e. The Labute approximate surface area is 157 Å². The van der Waals surface area contributed by atoms with Gasteiger partial charge in [0.25, 0.3) is 0 Å². The van der Waals surface area contributed by atoms with E-state index in [1.165, 1.54) is 54.4 Å². The number of nitrogens with zero attached hydrogens (tertiary/aromatic N) is 1. The molecule has 0 radical (unpaired) electrons. The molecular weight excluding hydrogens is 387 g/mol. The van der Waals surface area contributed by atoms with E-state index in [1.807, 2.05) is 0 Å². The van der Waals surface area contributed by atoms with Crippen LogP contribution in [-0.2, 0) is 13.1 Å². The van der Waals surface area contributed by atoms with Crippen LogP contribution in [0.1, 0.15) is 11.1 Å². The zero-order valence-electron chi connectivity index (χ0n) is 14.7. The van der Waals surface area contributed by atoms with E-state index in [4.69, 9.17) is 0 Å². The van der Waals surface area contributed by atoms with Gasteiger partial charge < -0.3 is 19.7 Å². The van der Waals surface area contributed by atoms with Gasteiger partial charge in [-0.15, -0.1) is 13.2 Å². The zero-order chi connectivity index (χ0) is 20.7. The molecule has 152 valence electrons. The molecule has 0 aromatic heterocycles. The molecule has 0 aliphatic carbocycles. The first kappa shape index (κ1) is 21.3. The van der Waals surface area contributed by atoms with Gasteiger partial charge in [0.1, 0.15) is 11.5 Å². The number of hydrogen-bond donors (Lipinski definition) is 1. The van der Waals surface area contributed by atoms with Crippen molar-refractivity contribution in [2.24, 2.45) is 0 Å². The summed E-state index contributed by atoms with van der Waals surface area (Å²) in [5.41, 5.74) is 0.815. The number of halogens is 5. The van der Waals surface area contributed by atoms with Crippen LogP contribution in [0.4, 0.5) is 26.7 Å². The number of hydrogen-bond acceptors (Lipinski definition) is 3. The molecule has 1 N–H and O–H groups in total. The van der Waals surface area contributed by atoms with E-state index >= 15 is 0 Å².